The molecular formula is C21H20N4O3. The molecule has 0 saturated heterocycles. The lowest BCUT2D eigenvalue weighted by Gasteiger charge is -2.21. The van der Waals surface area contributed by atoms with Gasteiger partial charge in [-0.25, -0.2) is 0 Å². The fraction of sp³-hybridized carbons (Fsp3) is 0.190. The number of carbonyl (C=O) groups excluding carboxylic acids is 2. The number of para-hydroxylation sites is 2. The predicted octanol–water partition coefficient (Wildman–Crippen LogP) is 2.45. The third-order valence-corrected chi connectivity index (χ3v) is 4.66. The van der Waals surface area contributed by atoms with Gasteiger partial charge in [-0.05, 0) is 17.7 Å². The quantitative estimate of drug-likeness (QED) is 0.730. The summed E-state index contributed by atoms with van der Waals surface area (Å²) in [6, 6.07) is 18.2. The van der Waals surface area contributed by atoms with Crippen molar-refractivity contribution in [3.8, 4) is 0 Å². The largest absolute Gasteiger partial charge is 0.370 e. The van der Waals surface area contributed by atoms with Crippen molar-refractivity contribution in [3.63, 3.8) is 0 Å². The number of nitrogens with zero attached hydrogens (tertiary/aromatic N) is 2. The van der Waals surface area contributed by atoms with Crippen LogP contribution in [0.3, 0.4) is 0 Å². The first-order valence-corrected chi connectivity index (χ1v) is 9.01. The molecule has 142 valence electrons. The molecule has 2 aromatic carbocycles. The number of benzene rings is 2. The molecule has 1 aromatic heterocycles. The number of amides is 2. The lowest BCUT2D eigenvalue weighted by atomic mass is 10.1. The van der Waals surface area contributed by atoms with Crippen LogP contribution in [0, 0.1) is 0 Å². The Morgan fingerprint density at radius 2 is 1.96 bits per heavy atom. The van der Waals surface area contributed by atoms with E-state index in [0.717, 1.165) is 16.9 Å². The van der Waals surface area contributed by atoms with Crippen LogP contribution < -0.4 is 15.5 Å². The summed E-state index contributed by atoms with van der Waals surface area (Å²) < 4.78 is 5.28. The van der Waals surface area contributed by atoms with E-state index < -0.39 is 11.9 Å². The zero-order valence-corrected chi connectivity index (χ0v) is 15.4. The zero-order chi connectivity index (χ0) is 19.5. The standard InChI is InChI=1S/C21H20N4O3/c1-25-13-18(21(27)22-16-9-5-6-10-19(16)25)23-20(26)17-12-15(28-24-17)11-14-7-3-2-4-8-14/h2-10,12,18H,11,13H2,1H3,(H,22,27)(H,23,26)/t18-/m1/s1. The molecule has 3 aromatic rings. The Balaban J connectivity index is 1.44. The van der Waals surface area contributed by atoms with Gasteiger partial charge in [-0.1, -0.05) is 47.6 Å². The van der Waals surface area contributed by atoms with E-state index in [0.29, 0.717) is 18.7 Å². The van der Waals surface area contributed by atoms with Crippen molar-refractivity contribution in [2.24, 2.45) is 0 Å². The maximum absolute atomic E-state index is 12.6. The second kappa shape index (κ2) is 7.56. The van der Waals surface area contributed by atoms with Gasteiger partial charge in [0.2, 0.25) is 5.91 Å². The molecule has 0 spiro atoms. The van der Waals surface area contributed by atoms with Crippen LogP contribution in [-0.2, 0) is 11.2 Å². The van der Waals surface area contributed by atoms with Crippen LogP contribution in [0.1, 0.15) is 21.8 Å². The van der Waals surface area contributed by atoms with Gasteiger partial charge in [0.1, 0.15) is 11.8 Å². The number of rotatable bonds is 4. The smallest absolute Gasteiger partial charge is 0.274 e. The minimum Gasteiger partial charge on any atom is -0.370 e. The summed E-state index contributed by atoms with van der Waals surface area (Å²) >= 11 is 0. The van der Waals surface area contributed by atoms with E-state index in [2.05, 4.69) is 15.8 Å². The predicted molar refractivity (Wildman–Crippen MR) is 105 cm³/mol. The highest BCUT2D eigenvalue weighted by atomic mass is 16.5. The summed E-state index contributed by atoms with van der Waals surface area (Å²) in [6.45, 7) is 0.351. The van der Waals surface area contributed by atoms with Crippen LogP contribution >= 0.6 is 0 Å². The number of nitrogens with one attached hydrogen (secondary N) is 2. The summed E-state index contributed by atoms with van der Waals surface area (Å²) in [5.41, 5.74) is 2.84. The lowest BCUT2D eigenvalue weighted by molar-refractivity contribution is -0.117. The van der Waals surface area contributed by atoms with E-state index in [1.54, 1.807) is 6.07 Å². The lowest BCUT2D eigenvalue weighted by Crippen LogP contribution is -2.48. The zero-order valence-electron chi connectivity index (χ0n) is 15.4. The van der Waals surface area contributed by atoms with Crippen molar-refractivity contribution < 1.29 is 14.1 Å². The summed E-state index contributed by atoms with van der Waals surface area (Å²) in [6.07, 6.45) is 0.545. The van der Waals surface area contributed by atoms with Crippen LogP contribution in [0.15, 0.2) is 65.2 Å². The molecule has 7 heteroatoms. The van der Waals surface area contributed by atoms with Gasteiger partial charge in [0.05, 0.1) is 11.4 Å². The van der Waals surface area contributed by atoms with E-state index in [9.17, 15) is 9.59 Å². The number of likely N-dealkylation sites (N-methyl/N-ethyl adjacent to an activating group) is 1. The van der Waals surface area contributed by atoms with Crippen molar-refractivity contribution in [3.05, 3.63) is 77.7 Å². The molecule has 2 heterocycles. The highest BCUT2D eigenvalue weighted by Gasteiger charge is 2.28. The molecular weight excluding hydrogens is 356 g/mol. The molecule has 1 atom stereocenters. The van der Waals surface area contributed by atoms with E-state index in [-0.39, 0.29) is 11.6 Å². The Morgan fingerprint density at radius 3 is 2.79 bits per heavy atom. The summed E-state index contributed by atoms with van der Waals surface area (Å²) in [5, 5.41) is 9.46. The summed E-state index contributed by atoms with van der Waals surface area (Å²) in [5.74, 6) is -0.119. The summed E-state index contributed by atoms with van der Waals surface area (Å²) in [7, 11) is 1.88. The van der Waals surface area contributed by atoms with Crippen LogP contribution in [-0.4, -0.2) is 36.6 Å². The van der Waals surface area contributed by atoms with Gasteiger partial charge in [-0.2, -0.15) is 0 Å². The van der Waals surface area contributed by atoms with Gasteiger partial charge in [0, 0.05) is 26.1 Å². The number of anilines is 2. The fourth-order valence-corrected chi connectivity index (χ4v) is 3.23. The van der Waals surface area contributed by atoms with E-state index in [4.69, 9.17) is 4.52 Å². The molecule has 0 radical (unpaired) electrons. The van der Waals surface area contributed by atoms with Gasteiger partial charge in [-0.3, -0.25) is 9.59 Å². The molecule has 2 N–H and O–H groups in total. The van der Waals surface area contributed by atoms with E-state index >= 15 is 0 Å². The van der Waals surface area contributed by atoms with Crippen molar-refractivity contribution in [2.45, 2.75) is 12.5 Å². The van der Waals surface area contributed by atoms with Crippen molar-refractivity contribution in [2.75, 3.05) is 23.8 Å². The molecule has 0 fully saturated rings. The molecule has 7 nitrogen and oxygen atoms in total. The van der Waals surface area contributed by atoms with Gasteiger partial charge in [-0.15, -0.1) is 0 Å². The second-order valence-corrected chi connectivity index (χ2v) is 6.75. The van der Waals surface area contributed by atoms with Gasteiger partial charge in [0.25, 0.3) is 5.91 Å². The Morgan fingerprint density at radius 1 is 1.21 bits per heavy atom. The average Bonchev–Trinajstić information content (AvgIpc) is 3.12. The first kappa shape index (κ1) is 17.8. The molecule has 0 bridgehead atoms. The highest BCUT2D eigenvalue weighted by Crippen LogP contribution is 2.27. The fourth-order valence-electron chi connectivity index (χ4n) is 3.23. The maximum atomic E-state index is 12.6. The van der Waals surface area contributed by atoms with Crippen LogP contribution in [0.5, 0.6) is 0 Å². The third kappa shape index (κ3) is 3.73. The Kier molecular flexibility index (Phi) is 4.80. The molecule has 0 aliphatic carbocycles. The Bertz CT molecular complexity index is 1000. The third-order valence-electron chi connectivity index (χ3n) is 4.66. The average molecular weight is 376 g/mol. The Hall–Kier alpha value is -3.61. The number of fused-ring (bicyclic) bond motifs is 1. The molecule has 4 rings (SSSR count). The SMILES string of the molecule is CN1C[C@@H](NC(=O)c2cc(Cc3ccccc3)on2)C(=O)Nc2ccccc21. The first-order chi connectivity index (χ1) is 13.6. The topological polar surface area (TPSA) is 87.5 Å². The Labute approximate surface area is 162 Å². The van der Waals surface area contributed by atoms with Crippen LogP contribution in [0.4, 0.5) is 11.4 Å². The van der Waals surface area contributed by atoms with Crippen LogP contribution in [0.25, 0.3) is 0 Å². The normalized spacial score (nSPS) is 16.1. The minimum atomic E-state index is -0.709. The second-order valence-electron chi connectivity index (χ2n) is 6.75. The van der Waals surface area contributed by atoms with Gasteiger partial charge >= 0.3 is 0 Å². The number of aromatic nitrogens is 1. The van der Waals surface area contributed by atoms with Crippen LogP contribution in [0.2, 0.25) is 0 Å². The molecule has 2 amide bonds. The van der Waals surface area contributed by atoms with Gasteiger partial charge in [0.15, 0.2) is 5.69 Å². The van der Waals surface area contributed by atoms with E-state index in [1.807, 2.05) is 66.5 Å². The number of carbonyl (C=O) groups is 2. The molecule has 0 saturated carbocycles. The molecule has 1 aliphatic heterocycles. The first-order valence-electron chi connectivity index (χ1n) is 9.01. The van der Waals surface area contributed by atoms with Crippen molar-refractivity contribution in [1.29, 1.82) is 0 Å². The van der Waals surface area contributed by atoms with Crippen molar-refractivity contribution >= 4 is 23.2 Å². The van der Waals surface area contributed by atoms with Gasteiger partial charge < -0.3 is 20.1 Å². The molecule has 28 heavy (non-hydrogen) atoms. The minimum absolute atomic E-state index is 0.156. The maximum Gasteiger partial charge on any atom is 0.274 e. The van der Waals surface area contributed by atoms with Crippen molar-refractivity contribution in [1.82, 2.24) is 10.5 Å². The highest BCUT2D eigenvalue weighted by molar-refractivity contribution is 6.03. The number of hydrogen-bond acceptors (Lipinski definition) is 5. The molecule has 1 aliphatic rings. The summed E-state index contributed by atoms with van der Waals surface area (Å²) in [4.78, 5) is 27.1. The van der Waals surface area contributed by atoms with E-state index in [1.165, 1.54) is 0 Å². The number of hydrogen-bond donors (Lipinski definition) is 2. The molecule has 0 unspecified atom stereocenters. The monoisotopic (exact) mass is 376 g/mol.